The molecule has 2 amide bonds. The fourth-order valence-corrected chi connectivity index (χ4v) is 1.97. The molecule has 1 atom stereocenters. The van der Waals surface area contributed by atoms with Crippen molar-refractivity contribution in [3.8, 4) is 0 Å². The molecule has 0 aliphatic carbocycles. The molecule has 0 saturated carbocycles. The average Bonchev–Trinajstić information content (AvgIpc) is 2.32. The summed E-state index contributed by atoms with van der Waals surface area (Å²) in [7, 11) is 0. The van der Waals surface area contributed by atoms with Gasteiger partial charge in [0.2, 0.25) is 11.8 Å². The summed E-state index contributed by atoms with van der Waals surface area (Å²) in [5.41, 5.74) is 0.628. The normalized spacial score (nSPS) is 19.2. The predicted molar refractivity (Wildman–Crippen MR) is 69.5 cm³/mol. The standard InChI is InChI=1S/C12H14ClN3O2/c13-8-2-1-3-9(6-8)16-11(17)7-10-12(18)15-5-4-14-10/h1-3,6,10,14H,4-5,7H2,(H,15,18)(H,16,17)/t10-/m1/s1. The Hall–Kier alpha value is -1.59. The van der Waals surface area contributed by atoms with E-state index in [1.54, 1.807) is 24.3 Å². The van der Waals surface area contributed by atoms with Crippen LogP contribution in [-0.4, -0.2) is 30.9 Å². The smallest absolute Gasteiger partial charge is 0.237 e. The summed E-state index contributed by atoms with van der Waals surface area (Å²) in [4.78, 5) is 23.2. The van der Waals surface area contributed by atoms with Crippen molar-refractivity contribution in [1.29, 1.82) is 0 Å². The van der Waals surface area contributed by atoms with Crippen LogP contribution >= 0.6 is 11.6 Å². The number of anilines is 1. The molecule has 1 heterocycles. The predicted octanol–water partition coefficient (Wildman–Crippen LogP) is 0.757. The van der Waals surface area contributed by atoms with Crippen LogP contribution in [0.3, 0.4) is 0 Å². The van der Waals surface area contributed by atoms with Crippen LogP contribution in [0.15, 0.2) is 24.3 Å². The van der Waals surface area contributed by atoms with E-state index in [0.717, 1.165) is 0 Å². The van der Waals surface area contributed by atoms with Gasteiger partial charge in [-0.2, -0.15) is 0 Å². The number of hydrogen-bond donors (Lipinski definition) is 3. The van der Waals surface area contributed by atoms with Crippen molar-refractivity contribution in [1.82, 2.24) is 10.6 Å². The SMILES string of the molecule is O=C(C[C@H]1NCCNC1=O)Nc1cccc(Cl)c1. The van der Waals surface area contributed by atoms with Gasteiger partial charge in [-0.25, -0.2) is 0 Å². The van der Waals surface area contributed by atoms with Gasteiger partial charge in [0, 0.05) is 23.8 Å². The van der Waals surface area contributed by atoms with Gasteiger partial charge in [0.1, 0.15) is 0 Å². The minimum atomic E-state index is -0.460. The van der Waals surface area contributed by atoms with Gasteiger partial charge >= 0.3 is 0 Å². The first-order valence-corrected chi connectivity index (χ1v) is 6.09. The number of rotatable bonds is 3. The molecule has 1 aliphatic rings. The lowest BCUT2D eigenvalue weighted by atomic mass is 10.1. The second-order valence-corrected chi connectivity index (χ2v) is 4.50. The first-order valence-electron chi connectivity index (χ1n) is 5.71. The minimum Gasteiger partial charge on any atom is -0.353 e. The zero-order valence-corrected chi connectivity index (χ0v) is 10.5. The second kappa shape index (κ2) is 5.84. The number of carbonyl (C=O) groups excluding carboxylic acids is 2. The van der Waals surface area contributed by atoms with Crippen molar-refractivity contribution in [3.63, 3.8) is 0 Å². The maximum absolute atomic E-state index is 11.8. The molecular weight excluding hydrogens is 254 g/mol. The van der Waals surface area contributed by atoms with Crippen LogP contribution in [0.25, 0.3) is 0 Å². The molecule has 0 unspecified atom stereocenters. The minimum absolute atomic E-state index is 0.109. The quantitative estimate of drug-likeness (QED) is 0.757. The van der Waals surface area contributed by atoms with Gasteiger partial charge in [-0.05, 0) is 18.2 Å². The van der Waals surface area contributed by atoms with Gasteiger partial charge in [0.05, 0.1) is 12.5 Å². The fourth-order valence-electron chi connectivity index (χ4n) is 1.78. The maximum Gasteiger partial charge on any atom is 0.237 e. The molecule has 1 saturated heterocycles. The van der Waals surface area contributed by atoms with Crippen molar-refractivity contribution >= 4 is 29.1 Å². The third-order valence-corrected chi connectivity index (χ3v) is 2.86. The first kappa shape index (κ1) is 12.9. The summed E-state index contributed by atoms with van der Waals surface area (Å²) in [5.74, 6) is -0.352. The lowest BCUT2D eigenvalue weighted by Crippen LogP contribution is -2.53. The lowest BCUT2D eigenvalue weighted by Gasteiger charge is -2.22. The fraction of sp³-hybridized carbons (Fsp3) is 0.333. The van der Waals surface area contributed by atoms with Gasteiger partial charge in [0.15, 0.2) is 0 Å². The van der Waals surface area contributed by atoms with E-state index in [1.807, 2.05) is 0 Å². The Balaban J connectivity index is 1.90. The summed E-state index contributed by atoms with van der Waals surface area (Å²) >= 11 is 5.82. The average molecular weight is 268 g/mol. The summed E-state index contributed by atoms with van der Waals surface area (Å²) < 4.78 is 0. The van der Waals surface area contributed by atoms with Crippen molar-refractivity contribution in [2.24, 2.45) is 0 Å². The molecule has 0 spiro atoms. The number of nitrogens with one attached hydrogen (secondary N) is 3. The second-order valence-electron chi connectivity index (χ2n) is 4.06. The van der Waals surface area contributed by atoms with Crippen molar-refractivity contribution < 1.29 is 9.59 Å². The monoisotopic (exact) mass is 267 g/mol. The Labute approximate surface area is 110 Å². The van der Waals surface area contributed by atoms with Crippen molar-refractivity contribution in [2.75, 3.05) is 18.4 Å². The van der Waals surface area contributed by atoms with Gasteiger partial charge in [-0.1, -0.05) is 17.7 Å². The highest BCUT2D eigenvalue weighted by atomic mass is 35.5. The van der Waals surface area contributed by atoms with Crippen LogP contribution in [0, 0.1) is 0 Å². The topological polar surface area (TPSA) is 70.2 Å². The Morgan fingerprint density at radius 2 is 2.28 bits per heavy atom. The molecule has 1 aromatic carbocycles. The molecule has 1 aliphatic heterocycles. The number of carbonyl (C=O) groups is 2. The van der Waals surface area contributed by atoms with Crippen LogP contribution in [0.1, 0.15) is 6.42 Å². The van der Waals surface area contributed by atoms with Crippen molar-refractivity contribution in [3.05, 3.63) is 29.3 Å². The number of amides is 2. The third kappa shape index (κ3) is 3.45. The highest BCUT2D eigenvalue weighted by Crippen LogP contribution is 2.15. The zero-order valence-electron chi connectivity index (χ0n) is 9.70. The van der Waals surface area contributed by atoms with Gasteiger partial charge in [-0.15, -0.1) is 0 Å². The van der Waals surface area contributed by atoms with E-state index >= 15 is 0 Å². The summed E-state index contributed by atoms with van der Waals surface area (Å²) in [6, 6.07) is 6.43. The van der Waals surface area contributed by atoms with Crippen molar-refractivity contribution in [2.45, 2.75) is 12.5 Å². The zero-order chi connectivity index (χ0) is 13.0. The molecular formula is C12H14ClN3O2. The van der Waals surface area contributed by atoms with E-state index < -0.39 is 6.04 Å². The third-order valence-electron chi connectivity index (χ3n) is 2.63. The van der Waals surface area contributed by atoms with E-state index in [2.05, 4.69) is 16.0 Å². The molecule has 96 valence electrons. The molecule has 1 fully saturated rings. The molecule has 1 aromatic rings. The van der Waals surface area contributed by atoms with E-state index in [-0.39, 0.29) is 18.2 Å². The number of piperazine rings is 1. The van der Waals surface area contributed by atoms with Crippen LogP contribution in [-0.2, 0) is 9.59 Å². The van der Waals surface area contributed by atoms with Crippen LogP contribution < -0.4 is 16.0 Å². The molecule has 0 radical (unpaired) electrons. The van der Waals surface area contributed by atoms with Gasteiger partial charge in [-0.3, -0.25) is 9.59 Å². The highest BCUT2D eigenvalue weighted by molar-refractivity contribution is 6.30. The Morgan fingerprint density at radius 3 is 3.00 bits per heavy atom. The number of benzene rings is 1. The van der Waals surface area contributed by atoms with E-state index in [0.29, 0.717) is 23.8 Å². The van der Waals surface area contributed by atoms with E-state index in [4.69, 9.17) is 11.6 Å². The summed E-state index contributed by atoms with van der Waals surface area (Å²) in [6.07, 6.45) is 0.109. The van der Waals surface area contributed by atoms with Crippen LogP contribution in [0.5, 0.6) is 0 Å². The van der Waals surface area contributed by atoms with E-state index in [1.165, 1.54) is 0 Å². The van der Waals surface area contributed by atoms with Crippen LogP contribution in [0.2, 0.25) is 5.02 Å². The van der Waals surface area contributed by atoms with E-state index in [9.17, 15) is 9.59 Å². The van der Waals surface area contributed by atoms with Gasteiger partial charge < -0.3 is 16.0 Å². The van der Waals surface area contributed by atoms with Crippen LogP contribution in [0.4, 0.5) is 5.69 Å². The molecule has 0 aromatic heterocycles. The summed E-state index contributed by atoms with van der Waals surface area (Å²) in [6.45, 7) is 1.28. The molecule has 18 heavy (non-hydrogen) atoms. The molecule has 5 nitrogen and oxygen atoms in total. The number of halogens is 1. The Bertz CT molecular complexity index is 464. The lowest BCUT2D eigenvalue weighted by molar-refractivity contribution is -0.127. The van der Waals surface area contributed by atoms with Gasteiger partial charge in [0.25, 0.3) is 0 Å². The molecule has 6 heteroatoms. The first-order chi connectivity index (χ1) is 8.65. The molecule has 2 rings (SSSR count). The largest absolute Gasteiger partial charge is 0.353 e. The number of hydrogen-bond acceptors (Lipinski definition) is 3. The Morgan fingerprint density at radius 1 is 1.44 bits per heavy atom. The molecule has 3 N–H and O–H groups in total. The maximum atomic E-state index is 11.8. The highest BCUT2D eigenvalue weighted by Gasteiger charge is 2.23. The molecule has 0 bridgehead atoms. The summed E-state index contributed by atoms with van der Waals surface area (Å²) in [5, 5.41) is 8.97. The Kier molecular flexibility index (Phi) is 4.17.